The first-order valence-electron chi connectivity index (χ1n) is 9.44. The van der Waals surface area contributed by atoms with Gasteiger partial charge in [-0.1, -0.05) is 0 Å². The Bertz CT molecular complexity index is 647. The number of nitrogens with two attached hydrogens (primary N) is 1. The van der Waals surface area contributed by atoms with Crippen LogP contribution in [0.5, 0.6) is 0 Å². The van der Waals surface area contributed by atoms with Gasteiger partial charge in [0.2, 0.25) is 0 Å². The second-order valence-electron chi connectivity index (χ2n) is 7.89. The second-order valence-corrected chi connectivity index (χ2v) is 11.8. The molecule has 26 heavy (non-hydrogen) atoms. The Balaban J connectivity index is 2.22. The van der Waals surface area contributed by atoms with E-state index >= 15 is 0 Å². The first kappa shape index (κ1) is 21.1. The zero-order valence-electron chi connectivity index (χ0n) is 16.4. The number of nitrogens with zero attached hydrogens (tertiary/aromatic N) is 1. The third-order valence-corrected chi connectivity index (χ3v) is 7.90. The van der Waals surface area contributed by atoms with Crippen molar-refractivity contribution in [3.8, 4) is 0 Å². The van der Waals surface area contributed by atoms with Crippen LogP contribution in [0.15, 0.2) is 29.3 Å². The van der Waals surface area contributed by atoms with Crippen LogP contribution in [-0.4, -0.2) is 36.7 Å². The predicted octanol–water partition coefficient (Wildman–Crippen LogP) is 4.46. The van der Waals surface area contributed by atoms with Gasteiger partial charge in [-0.2, -0.15) is 0 Å². The van der Waals surface area contributed by atoms with Crippen molar-refractivity contribution in [2.75, 3.05) is 0 Å². The molecule has 1 fully saturated rings. The number of amides is 1. The van der Waals surface area contributed by atoms with E-state index in [9.17, 15) is 4.79 Å². The number of carbonyl (C=O) groups excluding carboxylic acids is 1. The Morgan fingerprint density at radius 3 is 2.65 bits per heavy atom. The van der Waals surface area contributed by atoms with Gasteiger partial charge >= 0.3 is 168 Å². The molecule has 0 aliphatic heterocycles. The van der Waals surface area contributed by atoms with Crippen molar-refractivity contribution in [3.05, 3.63) is 29.8 Å². The first-order valence-corrected chi connectivity index (χ1v) is 12.9. The molecule has 0 aromatic heterocycles. The van der Waals surface area contributed by atoms with Gasteiger partial charge < -0.3 is 0 Å². The zero-order chi connectivity index (χ0) is 19.2. The third-order valence-electron chi connectivity index (χ3n) is 4.40. The van der Waals surface area contributed by atoms with Gasteiger partial charge in [0.05, 0.1) is 0 Å². The monoisotopic (exact) mass is 465 g/mol. The van der Waals surface area contributed by atoms with Gasteiger partial charge in [0.25, 0.3) is 0 Å². The molecule has 1 aromatic rings. The number of ether oxygens (including phenoxy) is 1. The van der Waals surface area contributed by atoms with Crippen molar-refractivity contribution < 1.29 is 9.53 Å². The molecule has 0 heterocycles. The molecule has 2 radical (unpaired) electrons. The van der Waals surface area contributed by atoms with Gasteiger partial charge in [0.1, 0.15) is 0 Å². The van der Waals surface area contributed by atoms with Crippen LogP contribution < -0.4 is 11.1 Å². The standard InChI is InChI=1S/C17H24N3O2.C3H7.Sn/c1-16(2,3)22-15(21)20-17(9-4-5-10-17)13-7-6-8-14(11-13)19-12-18;1-3-2;/h6-8,11H,4-5,9-10H2,1-3H3,(H2,18,19)(H,20,21);1,3H2,2H3;. The SMILES string of the molecule is CC[CH2][Sn][C](N)=Nc1cccc(C2(NC(=O)OC(C)(C)C)CCCC2)c1. The fourth-order valence-corrected chi connectivity index (χ4v) is 5.31. The molecular formula is C20H31N3O2Sn. The van der Waals surface area contributed by atoms with Crippen LogP contribution in [0.4, 0.5) is 10.5 Å². The molecule has 1 saturated carbocycles. The van der Waals surface area contributed by atoms with Gasteiger partial charge in [-0.3, -0.25) is 0 Å². The summed E-state index contributed by atoms with van der Waals surface area (Å²) >= 11 is -0.734. The maximum absolute atomic E-state index is 12.4. The minimum atomic E-state index is -0.734. The van der Waals surface area contributed by atoms with E-state index in [0.717, 1.165) is 40.8 Å². The van der Waals surface area contributed by atoms with Crippen LogP contribution in [0.2, 0.25) is 4.44 Å². The number of benzene rings is 1. The van der Waals surface area contributed by atoms with E-state index in [1.165, 1.54) is 10.9 Å². The first-order chi connectivity index (χ1) is 12.2. The van der Waals surface area contributed by atoms with Crippen molar-refractivity contribution in [1.29, 1.82) is 0 Å². The van der Waals surface area contributed by atoms with Crippen molar-refractivity contribution in [1.82, 2.24) is 5.32 Å². The Morgan fingerprint density at radius 1 is 1.35 bits per heavy atom. The molecular weight excluding hydrogens is 433 g/mol. The molecule has 1 aliphatic carbocycles. The van der Waals surface area contributed by atoms with E-state index in [2.05, 4.69) is 29.4 Å². The predicted molar refractivity (Wildman–Crippen MR) is 108 cm³/mol. The summed E-state index contributed by atoms with van der Waals surface area (Å²) in [4.78, 5) is 17.0. The van der Waals surface area contributed by atoms with Gasteiger partial charge in [-0.05, 0) is 0 Å². The Hall–Kier alpha value is -1.24. The molecule has 2 rings (SSSR count). The van der Waals surface area contributed by atoms with Crippen molar-refractivity contribution in [2.45, 2.75) is 75.4 Å². The summed E-state index contributed by atoms with van der Waals surface area (Å²) in [5.74, 6) is 0. The van der Waals surface area contributed by atoms with Gasteiger partial charge in [-0.25, -0.2) is 0 Å². The molecule has 1 aliphatic rings. The number of hydrogen-bond donors (Lipinski definition) is 2. The molecule has 5 nitrogen and oxygen atoms in total. The van der Waals surface area contributed by atoms with Gasteiger partial charge in [0, 0.05) is 0 Å². The number of alkyl carbamates (subject to hydrolysis) is 1. The molecule has 6 heteroatoms. The Kier molecular flexibility index (Phi) is 7.38. The van der Waals surface area contributed by atoms with Crippen LogP contribution in [0, 0.1) is 0 Å². The molecule has 0 saturated heterocycles. The molecule has 0 bridgehead atoms. The quantitative estimate of drug-likeness (QED) is 0.371. The molecule has 1 aromatic carbocycles. The number of carbonyl (C=O) groups is 1. The van der Waals surface area contributed by atoms with Crippen molar-refractivity contribution >= 4 is 36.8 Å². The maximum atomic E-state index is 12.4. The van der Waals surface area contributed by atoms with E-state index in [0.29, 0.717) is 0 Å². The van der Waals surface area contributed by atoms with E-state index in [-0.39, 0.29) is 11.6 Å². The average molecular weight is 464 g/mol. The van der Waals surface area contributed by atoms with Crippen LogP contribution >= 0.6 is 0 Å². The summed E-state index contributed by atoms with van der Waals surface area (Å²) in [6.45, 7) is 7.83. The van der Waals surface area contributed by atoms with E-state index in [1.807, 2.05) is 32.9 Å². The molecule has 142 valence electrons. The molecule has 0 unspecified atom stereocenters. The molecule has 1 amide bonds. The average Bonchev–Trinajstić information content (AvgIpc) is 3.01. The zero-order valence-corrected chi connectivity index (χ0v) is 19.2. The summed E-state index contributed by atoms with van der Waals surface area (Å²) in [5.41, 5.74) is 7.22. The number of rotatable bonds is 6. The Morgan fingerprint density at radius 2 is 2.04 bits per heavy atom. The second kappa shape index (κ2) is 9.11. The number of hydrogen-bond acceptors (Lipinski definition) is 3. The van der Waals surface area contributed by atoms with Crippen molar-refractivity contribution in [3.63, 3.8) is 0 Å². The number of amidine groups is 1. The molecule has 3 N–H and O–H groups in total. The minimum absolute atomic E-state index is 0.357. The van der Waals surface area contributed by atoms with Crippen LogP contribution in [0.25, 0.3) is 0 Å². The number of nitrogens with one attached hydrogen (secondary N) is 1. The fraction of sp³-hybridized carbons (Fsp3) is 0.600. The van der Waals surface area contributed by atoms with Crippen LogP contribution in [0.1, 0.15) is 65.4 Å². The Labute approximate surface area is 167 Å². The van der Waals surface area contributed by atoms with Gasteiger partial charge in [0.15, 0.2) is 0 Å². The van der Waals surface area contributed by atoms with Crippen LogP contribution in [0.3, 0.4) is 0 Å². The topological polar surface area (TPSA) is 76.7 Å². The van der Waals surface area contributed by atoms with Gasteiger partial charge in [-0.15, -0.1) is 0 Å². The van der Waals surface area contributed by atoms with E-state index < -0.39 is 26.7 Å². The summed E-state index contributed by atoms with van der Waals surface area (Å²) in [6, 6.07) is 8.13. The van der Waals surface area contributed by atoms with E-state index in [4.69, 9.17) is 10.5 Å². The summed E-state index contributed by atoms with van der Waals surface area (Å²) in [7, 11) is 0. The molecule has 0 atom stereocenters. The van der Waals surface area contributed by atoms with Crippen molar-refractivity contribution in [2.24, 2.45) is 10.7 Å². The van der Waals surface area contributed by atoms with Crippen LogP contribution in [-0.2, 0) is 10.3 Å². The fourth-order valence-electron chi connectivity index (χ4n) is 3.27. The van der Waals surface area contributed by atoms with E-state index in [1.54, 1.807) is 0 Å². The number of aliphatic imine (C=N–C) groups is 1. The third kappa shape index (κ3) is 6.18. The summed E-state index contributed by atoms with van der Waals surface area (Å²) < 4.78 is 7.53. The normalized spacial score (nSPS) is 17.2. The summed E-state index contributed by atoms with van der Waals surface area (Å²) in [6.07, 6.45) is 4.84. The summed E-state index contributed by atoms with van der Waals surface area (Å²) in [5, 5.41) is 3.15. The molecule has 0 spiro atoms.